The Morgan fingerprint density at radius 1 is 1.18 bits per heavy atom. The number of likely N-dealkylation sites (N-methyl/N-ethyl adjacent to an activating group) is 1. The maximum atomic E-state index is 12.2. The number of fused-ring (bicyclic) bond motifs is 1. The summed E-state index contributed by atoms with van der Waals surface area (Å²) in [5.41, 5.74) is 3.32. The van der Waals surface area contributed by atoms with Crippen LogP contribution >= 0.6 is 0 Å². The van der Waals surface area contributed by atoms with E-state index in [4.69, 9.17) is 4.98 Å². The highest BCUT2D eigenvalue weighted by molar-refractivity contribution is 6.00. The average Bonchev–Trinajstić information content (AvgIpc) is 3.39. The summed E-state index contributed by atoms with van der Waals surface area (Å²) >= 11 is 0. The highest BCUT2D eigenvalue weighted by atomic mass is 16.1. The van der Waals surface area contributed by atoms with Crippen LogP contribution < -0.4 is 10.6 Å². The van der Waals surface area contributed by atoms with Crippen molar-refractivity contribution in [3.8, 4) is 5.82 Å². The van der Waals surface area contributed by atoms with Gasteiger partial charge in [0.2, 0.25) is 11.9 Å². The molecule has 1 amide bonds. The Morgan fingerprint density at radius 2 is 2.00 bits per heavy atom. The van der Waals surface area contributed by atoms with Gasteiger partial charge in [0.1, 0.15) is 11.5 Å². The second-order valence-corrected chi connectivity index (χ2v) is 8.31. The molecule has 0 aromatic carbocycles. The molecule has 4 aromatic heterocycles. The van der Waals surface area contributed by atoms with E-state index in [1.54, 1.807) is 12.4 Å². The number of amides is 1. The largest absolute Gasteiger partial charge is 0.321 e. The van der Waals surface area contributed by atoms with Gasteiger partial charge in [-0.1, -0.05) is 6.08 Å². The van der Waals surface area contributed by atoms with E-state index in [1.165, 1.54) is 6.08 Å². The Hall–Kier alpha value is -4.05. The zero-order chi connectivity index (χ0) is 24.2. The van der Waals surface area contributed by atoms with Crippen molar-refractivity contribution in [2.24, 2.45) is 0 Å². The minimum Gasteiger partial charge on any atom is -0.321 e. The molecule has 2 N–H and O–H groups in total. The molecule has 176 valence electrons. The van der Waals surface area contributed by atoms with Gasteiger partial charge in [-0.05, 0) is 46.5 Å². The van der Waals surface area contributed by atoms with Crippen LogP contribution in [0.25, 0.3) is 16.9 Å². The Balaban J connectivity index is 1.61. The van der Waals surface area contributed by atoms with E-state index in [9.17, 15) is 4.79 Å². The summed E-state index contributed by atoms with van der Waals surface area (Å²) in [5.74, 6) is 1.67. The van der Waals surface area contributed by atoms with Gasteiger partial charge in [0.25, 0.3) is 0 Å². The summed E-state index contributed by atoms with van der Waals surface area (Å²) in [4.78, 5) is 28.0. The Bertz CT molecular complexity index is 1350. The van der Waals surface area contributed by atoms with Gasteiger partial charge in [-0.3, -0.25) is 14.0 Å². The van der Waals surface area contributed by atoms with Crippen molar-refractivity contribution in [1.29, 1.82) is 0 Å². The van der Waals surface area contributed by atoms with Crippen LogP contribution in [0.3, 0.4) is 0 Å². The standard InChI is InChI=1S/C24H29N9O/c1-6-32-11-9-20(30-32)28-24-26-13-16(2)22(29-24)33-15-17(3)19-12-18(14-25-23(19)33)27-21(34)8-7-10-31(4)5/h7-9,11-15H,6,10H2,1-5H3,(H,27,34)(H,26,28,29,30)/b8-7+. The van der Waals surface area contributed by atoms with Gasteiger partial charge in [-0.25, -0.2) is 9.97 Å². The van der Waals surface area contributed by atoms with Crippen molar-refractivity contribution in [3.63, 3.8) is 0 Å². The molecule has 34 heavy (non-hydrogen) atoms. The lowest BCUT2D eigenvalue weighted by molar-refractivity contribution is -0.111. The number of hydrogen-bond donors (Lipinski definition) is 2. The van der Waals surface area contributed by atoms with Crippen LogP contribution in [0, 0.1) is 13.8 Å². The van der Waals surface area contributed by atoms with E-state index < -0.39 is 0 Å². The molecule has 10 nitrogen and oxygen atoms in total. The number of nitrogens with zero attached hydrogens (tertiary/aromatic N) is 7. The molecule has 10 heteroatoms. The smallest absolute Gasteiger partial charge is 0.248 e. The van der Waals surface area contributed by atoms with Gasteiger partial charge >= 0.3 is 0 Å². The van der Waals surface area contributed by atoms with Gasteiger partial charge in [0.15, 0.2) is 5.82 Å². The molecule has 0 aliphatic heterocycles. The lowest BCUT2D eigenvalue weighted by atomic mass is 10.2. The Labute approximate surface area is 198 Å². The fourth-order valence-electron chi connectivity index (χ4n) is 3.50. The first-order valence-electron chi connectivity index (χ1n) is 11.1. The molecule has 4 aromatic rings. The van der Waals surface area contributed by atoms with E-state index in [1.807, 2.05) is 79.6 Å². The van der Waals surface area contributed by atoms with E-state index in [0.717, 1.165) is 34.5 Å². The molecular weight excluding hydrogens is 430 g/mol. The van der Waals surface area contributed by atoms with Gasteiger partial charge in [0.05, 0.1) is 11.9 Å². The summed E-state index contributed by atoms with van der Waals surface area (Å²) in [6, 6.07) is 3.81. The zero-order valence-electron chi connectivity index (χ0n) is 20.1. The molecule has 0 saturated heterocycles. The third-order valence-electron chi connectivity index (χ3n) is 5.23. The van der Waals surface area contributed by atoms with Crippen LogP contribution in [0.1, 0.15) is 18.1 Å². The average molecular weight is 460 g/mol. The van der Waals surface area contributed by atoms with Crippen LogP contribution in [0.15, 0.2) is 49.1 Å². The summed E-state index contributed by atoms with van der Waals surface area (Å²) in [7, 11) is 3.90. The van der Waals surface area contributed by atoms with Crippen molar-refractivity contribution in [2.45, 2.75) is 27.3 Å². The second-order valence-electron chi connectivity index (χ2n) is 8.31. The first kappa shape index (κ1) is 23.1. The fourth-order valence-corrected chi connectivity index (χ4v) is 3.50. The maximum Gasteiger partial charge on any atom is 0.248 e. The predicted molar refractivity (Wildman–Crippen MR) is 134 cm³/mol. The highest BCUT2D eigenvalue weighted by Gasteiger charge is 2.14. The van der Waals surface area contributed by atoms with E-state index in [2.05, 4.69) is 25.7 Å². The van der Waals surface area contributed by atoms with Gasteiger partial charge < -0.3 is 15.5 Å². The van der Waals surface area contributed by atoms with Crippen molar-refractivity contribution in [3.05, 3.63) is 60.2 Å². The topological polar surface area (TPSA) is 106 Å². The summed E-state index contributed by atoms with van der Waals surface area (Å²) in [6.45, 7) is 7.48. The van der Waals surface area contributed by atoms with Crippen molar-refractivity contribution in [1.82, 2.24) is 34.2 Å². The van der Waals surface area contributed by atoms with E-state index in [-0.39, 0.29) is 5.91 Å². The molecule has 0 aliphatic carbocycles. The Kier molecular flexibility index (Phi) is 6.69. The zero-order valence-corrected chi connectivity index (χ0v) is 20.1. The van der Waals surface area contributed by atoms with Crippen molar-refractivity contribution < 1.29 is 4.79 Å². The number of aromatic nitrogens is 6. The first-order valence-corrected chi connectivity index (χ1v) is 11.1. The number of carbonyl (C=O) groups excluding carboxylic acids is 1. The van der Waals surface area contributed by atoms with Gasteiger partial charge in [-0.2, -0.15) is 10.1 Å². The minimum atomic E-state index is -0.187. The van der Waals surface area contributed by atoms with E-state index in [0.29, 0.717) is 24.0 Å². The summed E-state index contributed by atoms with van der Waals surface area (Å²) in [6.07, 6.45) is 10.7. The number of rotatable bonds is 8. The lowest BCUT2D eigenvalue weighted by Crippen LogP contribution is -2.13. The number of nitrogens with one attached hydrogen (secondary N) is 2. The highest BCUT2D eigenvalue weighted by Crippen LogP contribution is 2.26. The summed E-state index contributed by atoms with van der Waals surface area (Å²) in [5, 5.41) is 11.4. The maximum absolute atomic E-state index is 12.2. The monoisotopic (exact) mass is 459 g/mol. The molecule has 4 rings (SSSR count). The SMILES string of the molecule is CCn1ccc(Nc2ncc(C)c(-n3cc(C)c4cc(NC(=O)/C=C/CN(C)C)cnc43)n2)n1. The number of carbonyl (C=O) groups is 1. The van der Waals surface area contributed by atoms with Gasteiger partial charge in [0, 0.05) is 54.8 Å². The molecule has 0 bridgehead atoms. The van der Waals surface area contributed by atoms with Crippen molar-refractivity contribution >= 4 is 34.4 Å². The third-order valence-corrected chi connectivity index (χ3v) is 5.23. The van der Waals surface area contributed by atoms with Crippen molar-refractivity contribution in [2.75, 3.05) is 31.3 Å². The molecular formula is C24H29N9O. The fraction of sp³-hybridized carbons (Fsp3) is 0.292. The number of anilines is 3. The van der Waals surface area contributed by atoms with Gasteiger partial charge in [-0.15, -0.1) is 0 Å². The van der Waals surface area contributed by atoms with Crippen LogP contribution in [-0.4, -0.2) is 60.7 Å². The van der Waals surface area contributed by atoms with Crippen LogP contribution in [-0.2, 0) is 11.3 Å². The molecule has 4 heterocycles. The molecule has 0 aliphatic rings. The van der Waals surface area contributed by atoms with Crippen LogP contribution in [0.4, 0.5) is 17.5 Å². The number of aryl methyl sites for hydroxylation is 3. The third kappa shape index (κ3) is 5.12. The Morgan fingerprint density at radius 3 is 2.74 bits per heavy atom. The quantitative estimate of drug-likeness (QED) is 0.389. The van der Waals surface area contributed by atoms with Crippen LogP contribution in [0.2, 0.25) is 0 Å². The molecule has 0 fully saturated rings. The van der Waals surface area contributed by atoms with E-state index >= 15 is 0 Å². The minimum absolute atomic E-state index is 0.187. The number of hydrogen-bond acceptors (Lipinski definition) is 7. The lowest BCUT2D eigenvalue weighted by Gasteiger charge is -2.10. The predicted octanol–water partition coefficient (Wildman–Crippen LogP) is 3.45. The normalized spacial score (nSPS) is 11.6. The molecule has 0 unspecified atom stereocenters. The molecule has 0 spiro atoms. The second kappa shape index (κ2) is 9.84. The van der Waals surface area contributed by atoms with Crippen LogP contribution in [0.5, 0.6) is 0 Å². The molecule has 0 radical (unpaired) electrons. The molecule has 0 saturated carbocycles. The first-order chi connectivity index (χ1) is 16.3. The summed E-state index contributed by atoms with van der Waals surface area (Å²) < 4.78 is 3.78. The number of pyridine rings is 1. The molecule has 0 atom stereocenters.